The predicted molar refractivity (Wildman–Crippen MR) is 93.1 cm³/mol. The molecule has 1 aromatic heterocycles. The van der Waals surface area contributed by atoms with E-state index in [1.807, 2.05) is 30.3 Å². The first-order valence-corrected chi connectivity index (χ1v) is 8.35. The number of rotatable bonds is 5. The van der Waals surface area contributed by atoms with E-state index in [-0.39, 0.29) is 12.2 Å². The highest BCUT2D eigenvalue weighted by molar-refractivity contribution is 5.68. The van der Waals surface area contributed by atoms with Crippen molar-refractivity contribution in [1.29, 1.82) is 0 Å². The number of nitrogens with zero attached hydrogens (tertiary/aromatic N) is 2. The van der Waals surface area contributed by atoms with E-state index >= 15 is 0 Å². The van der Waals surface area contributed by atoms with E-state index < -0.39 is 5.97 Å². The molecule has 0 amide bonds. The number of para-hydroxylation sites is 1. The number of hydrogen-bond donors (Lipinski definition) is 2. The van der Waals surface area contributed by atoms with Crippen molar-refractivity contribution in [2.24, 2.45) is 5.92 Å². The van der Waals surface area contributed by atoms with Crippen LogP contribution in [0.25, 0.3) is 11.3 Å². The highest BCUT2D eigenvalue weighted by Crippen LogP contribution is 2.30. The molecule has 5 nitrogen and oxygen atoms in total. The topological polar surface area (TPSA) is 73.7 Å². The van der Waals surface area contributed by atoms with E-state index in [0.29, 0.717) is 12.3 Å². The van der Waals surface area contributed by atoms with Crippen LogP contribution in [-0.4, -0.2) is 34.3 Å². The number of phenolic OH excluding ortho intramolecular Hbond substituents is 1. The molecular formula is C19H22N2O3. The van der Waals surface area contributed by atoms with Crippen molar-refractivity contribution in [3.05, 3.63) is 42.5 Å². The third kappa shape index (κ3) is 3.85. The number of anilines is 1. The van der Waals surface area contributed by atoms with Crippen LogP contribution in [-0.2, 0) is 4.79 Å². The number of hydrogen-bond acceptors (Lipinski definition) is 4. The summed E-state index contributed by atoms with van der Waals surface area (Å²) in [5, 5.41) is 18.9. The van der Waals surface area contributed by atoms with Gasteiger partial charge >= 0.3 is 5.97 Å². The maximum Gasteiger partial charge on any atom is 0.303 e. The van der Waals surface area contributed by atoms with Crippen molar-refractivity contribution >= 4 is 11.8 Å². The zero-order chi connectivity index (χ0) is 16.9. The third-order valence-electron chi connectivity index (χ3n) is 4.52. The van der Waals surface area contributed by atoms with E-state index in [9.17, 15) is 9.90 Å². The van der Waals surface area contributed by atoms with Crippen molar-refractivity contribution in [3.63, 3.8) is 0 Å². The first-order valence-electron chi connectivity index (χ1n) is 8.35. The normalized spacial score (nSPS) is 17.7. The molecule has 3 rings (SSSR count). The molecular weight excluding hydrogens is 304 g/mol. The molecule has 1 aliphatic heterocycles. The predicted octanol–water partition coefficient (Wildman–Crippen LogP) is 3.54. The molecule has 0 bridgehead atoms. The van der Waals surface area contributed by atoms with Gasteiger partial charge in [0.15, 0.2) is 0 Å². The molecule has 2 heterocycles. The Kier molecular flexibility index (Phi) is 4.99. The van der Waals surface area contributed by atoms with Crippen LogP contribution >= 0.6 is 0 Å². The molecule has 1 aliphatic rings. The van der Waals surface area contributed by atoms with Crippen molar-refractivity contribution in [2.45, 2.75) is 25.7 Å². The number of piperidine rings is 1. The van der Waals surface area contributed by atoms with Crippen molar-refractivity contribution in [2.75, 3.05) is 18.0 Å². The zero-order valence-corrected chi connectivity index (χ0v) is 13.6. The van der Waals surface area contributed by atoms with Crippen LogP contribution in [0.3, 0.4) is 0 Å². The monoisotopic (exact) mass is 326 g/mol. The first-order chi connectivity index (χ1) is 11.6. The van der Waals surface area contributed by atoms with Crippen LogP contribution in [0.2, 0.25) is 0 Å². The lowest BCUT2D eigenvalue weighted by Crippen LogP contribution is -2.36. The number of carboxylic acids is 1. The number of carboxylic acid groups (broad SMARTS) is 1. The summed E-state index contributed by atoms with van der Waals surface area (Å²) in [7, 11) is 0. The van der Waals surface area contributed by atoms with Crippen molar-refractivity contribution in [1.82, 2.24) is 4.98 Å². The summed E-state index contributed by atoms with van der Waals surface area (Å²) < 4.78 is 0. The maximum atomic E-state index is 10.8. The Balaban J connectivity index is 1.76. The second-order valence-electron chi connectivity index (χ2n) is 6.28. The van der Waals surface area contributed by atoms with Crippen LogP contribution in [0.5, 0.6) is 5.75 Å². The van der Waals surface area contributed by atoms with Crippen LogP contribution in [0, 0.1) is 5.92 Å². The average molecular weight is 326 g/mol. The Morgan fingerprint density at radius 3 is 2.83 bits per heavy atom. The Bertz CT molecular complexity index is 717. The van der Waals surface area contributed by atoms with E-state index in [4.69, 9.17) is 10.1 Å². The molecule has 0 spiro atoms. The van der Waals surface area contributed by atoms with Gasteiger partial charge in [-0.1, -0.05) is 18.2 Å². The number of aromatic hydroxyl groups is 1. The molecule has 126 valence electrons. The molecule has 0 saturated carbocycles. The fraction of sp³-hybridized carbons (Fsp3) is 0.368. The quantitative estimate of drug-likeness (QED) is 0.879. The molecule has 24 heavy (non-hydrogen) atoms. The van der Waals surface area contributed by atoms with Gasteiger partial charge in [0.1, 0.15) is 11.6 Å². The SMILES string of the molecule is O=C(O)CC[C@@H]1CCCN(c2cccc(-c3ccccc3O)n2)C1. The molecule has 1 atom stereocenters. The summed E-state index contributed by atoms with van der Waals surface area (Å²) in [6.45, 7) is 1.77. The molecule has 5 heteroatoms. The van der Waals surface area contributed by atoms with Crippen LogP contribution < -0.4 is 4.90 Å². The van der Waals surface area contributed by atoms with E-state index in [1.165, 1.54) is 0 Å². The largest absolute Gasteiger partial charge is 0.507 e. The van der Waals surface area contributed by atoms with E-state index in [1.54, 1.807) is 12.1 Å². The standard InChI is InChI=1S/C19H22N2O3/c22-17-8-2-1-6-15(17)16-7-3-9-18(20-16)21-12-4-5-14(13-21)10-11-19(23)24/h1-3,6-9,14,22H,4-5,10-13H2,(H,23,24)/t14-/m0/s1. The Morgan fingerprint density at radius 1 is 1.21 bits per heavy atom. The van der Waals surface area contributed by atoms with Crippen molar-refractivity contribution in [3.8, 4) is 17.0 Å². The van der Waals surface area contributed by atoms with E-state index in [0.717, 1.165) is 43.0 Å². The van der Waals surface area contributed by atoms with Gasteiger partial charge in [-0.25, -0.2) is 4.98 Å². The van der Waals surface area contributed by atoms with Gasteiger partial charge in [-0.15, -0.1) is 0 Å². The van der Waals surface area contributed by atoms with Gasteiger partial charge in [0.2, 0.25) is 0 Å². The number of phenols is 1. The Labute approximate surface area is 141 Å². The highest BCUT2D eigenvalue weighted by atomic mass is 16.4. The first kappa shape index (κ1) is 16.3. The summed E-state index contributed by atoms with van der Waals surface area (Å²) in [5.74, 6) is 0.771. The highest BCUT2D eigenvalue weighted by Gasteiger charge is 2.22. The minimum absolute atomic E-state index is 0.222. The van der Waals surface area contributed by atoms with Gasteiger partial charge in [-0.2, -0.15) is 0 Å². The summed E-state index contributed by atoms with van der Waals surface area (Å²) in [4.78, 5) is 17.7. The smallest absolute Gasteiger partial charge is 0.303 e. The third-order valence-corrected chi connectivity index (χ3v) is 4.52. The molecule has 0 radical (unpaired) electrons. The summed E-state index contributed by atoms with van der Waals surface area (Å²) >= 11 is 0. The zero-order valence-electron chi connectivity index (χ0n) is 13.6. The molecule has 2 aromatic rings. The van der Waals surface area contributed by atoms with Crippen LogP contribution in [0.1, 0.15) is 25.7 Å². The van der Waals surface area contributed by atoms with Gasteiger partial charge in [0, 0.05) is 25.1 Å². The molecule has 0 unspecified atom stereocenters. The lowest BCUT2D eigenvalue weighted by molar-refractivity contribution is -0.137. The summed E-state index contributed by atoms with van der Waals surface area (Å²) in [5.41, 5.74) is 1.47. The number of pyridine rings is 1. The van der Waals surface area contributed by atoms with Gasteiger partial charge in [0.05, 0.1) is 5.69 Å². The minimum Gasteiger partial charge on any atom is -0.507 e. The van der Waals surface area contributed by atoms with Crippen LogP contribution in [0.4, 0.5) is 5.82 Å². The molecule has 0 aliphatic carbocycles. The molecule has 1 fully saturated rings. The maximum absolute atomic E-state index is 10.8. The van der Waals surface area contributed by atoms with Crippen LogP contribution in [0.15, 0.2) is 42.5 Å². The Morgan fingerprint density at radius 2 is 2.04 bits per heavy atom. The molecule has 2 N–H and O–H groups in total. The average Bonchev–Trinajstić information content (AvgIpc) is 2.61. The minimum atomic E-state index is -0.730. The number of aromatic nitrogens is 1. The Hall–Kier alpha value is -2.56. The molecule has 1 saturated heterocycles. The van der Waals surface area contributed by atoms with Gasteiger partial charge in [-0.05, 0) is 49.4 Å². The van der Waals surface area contributed by atoms with Gasteiger partial charge in [-0.3, -0.25) is 4.79 Å². The van der Waals surface area contributed by atoms with Crippen molar-refractivity contribution < 1.29 is 15.0 Å². The molecule has 1 aromatic carbocycles. The van der Waals surface area contributed by atoms with E-state index in [2.05, 4.69) is 4.90 Å². The number of aliphatic carboxylic acids is 1. The summed E-state index contributed by atoms with van der Waals surface area (Å²) in [6.07, 6.45) is 3.06. The fourth-order valence-corrected chi connectivity index (χ4v) is 3.28. The van der Waals surface area contributed by atoms with Gasteiger partial charge < -0.3 is 15.1 Å². The lowest BCUT2D eigenvalue weighted by atomic mass is 9.93. The lowest BCUT2D eigenvalue weighted by Gasteiger charge is -2.33. The second-order valence-corrected chi connectivity index (χ2v) is 6.28. The second kappa shape index (κ2) is 7.34. The number of carbonyl (C=O) groups is 1. The fourth-order valence-electron chi connectivity index (χ4n) is 3.28. The number of benzene rings is 1. The summed E-state index contributed by atoms with van der Waals surface area (Å²) in [6, 6.07) is 13.0. The van der Waals surface area contributed by atoms with Gasteiger partial charge in [0.25, 0.3) is 0 Å².